The number of nitrogens with two attached hydrogens (primary N) is 2. The van der Waals surface area contributed by atoms with Gasteiger partial charge in [-0.2, -0.15) is 0 Å². The number of ether oxygens (including phenoxy) is 1. The molecule has 0 aliphatic carbocycles. The van der Waals surface area contributed by atoms with Crippen LogP contribution in [0, 0.1) is 5.82 Å². The Hall–Kier alpha value is -1.62. The molecule has 15 heavy (non-hydrogen) atoms. The van der Waals surface area contributed by atoms with Gasteiger partial charge in [0.2, 0.25) is 0 Å². The summed E-state index contributed by atoms with van der Waals surface area (Å²) in [5.41, 5.74) is 10.8. The first-order chi connectivity index (χ1) is 7.00. The van der Waals surface area contributed by atoms with E-state index in [0.29, 0.717) is 5.56 Å². The molecular weight excluding hydrogens is 199 g/mol. The van der Waals surface area contributed by atoms with Crippen molar-refractivity contribution < 1.29 is 13.9 Å². The molecule has 0 radical (unpaired) electrons. The van der Waals surface area contributed by atoms with Gasteiger partial charge in [0.15, 0.2) is 6.61 Å². The Morgan fingerprint density at radius 2 is 2.27 bits per heavy atom. The number of primary amides is 1. The molecule has 1 rings (SSSR count). The molecule has 1 aromatic carbocycles. The second-order valence-electron chi connectivity index (χ2n) is 3.23. The molecule has 0 heterocycles. The predicted molar refractivity (Wildman–Crippen MR) is 53.7 cm³/mol. The van der Waals surface area contributed by atoms with E-state index in [2.05, 4.69) is 0 Å². The van der Waals surface area contributed by atoms with Crippen molar-refractivity contribution in [3.63, 3.8) is 0 Å². The molecule has 0 aliphatic heterocycles. The van der Waals surface area contributed by atoms with E-state index in [1.165, 1.54) is 12.1 Å². The van der Waals surface area contributed by atoms with E-state index in [9.17, 15) is 9.18 Å². The van der Waals surface area contributed by atoms with E-state index in [-0.39, 0.29) is 18.4 Å². The Labute approximate surface area is 87.0 Å². The average molecular weight is 212 g/mol. The average Bonchev–Trinajstić information content (AvgIpc) is 2.14. The number of carbonyl (C=O) groups is 1. The fourth-order valence-electron chi connectivity index (χ4n) is 1.12. The van der Waals surface area contributed by atoms with Crippen LogP contribution < -0.4 is 16.2 Å². The number of hydrogen-bond acceptors (Lipinski definition) is 3. The second kappa shape index (κ2) is 4.75. The van der Waals surface area contributed by atoms with E-state index >= 15 is 0 Å². The number of hydrogen-bond donors (Lipinski definition) is 2. The third-order valence-electron chi connectivity index (χ3n) is 1.84. The molecule has 0 aliphatic rings. The van der Waals surface area contributed by atoms with Gasteiger partial charge >= 0.3 is 0 Å². The highest BCUT2D eigenvalue weighted by Gasteiger charge is 2.08. The van der Waals surface area contributed by atoms with Crippen LogP contribution in [0.4, 0.5) is 4.39 Å². The van der Waals surface area contributed by atoms with Crippen molar-refractivity contribution in [3.05, 3.63) is 29.6 Å². The highest BCUT2D eigenvalue weighted by atomic mass is 19.1. The minimum Gasteiger partial charge on any atom is -0.484 e. The van der Waals surface area contributed by atoms with E-state index in [4.69, 9.17) is 16.2 Å². The van der Waals surface area contributed by atoms with Gasteiger partial charge in [-0.1, -0.05) is 6.07 Å². The van der Waals surface area contributed by atoms with Gasteiger partial charge < -0.3 is 16.2 Å². The number of benzene rings is 1. The van der Waals surface area contributed by atoms with Crippen LogP contribution in [0.15, 0.2) is 18.2 Å². The molecule has 0 unspecified atom stereocenters. The zero-order chi connectivity index (χ0) is 11.4. The smallest absolute Gasteiger partial charge is 0.255 e. The van der Waals surface area contributed by atoms with Crippen LogP contribution in [0.2, 0.25) is 0 Å². The van der Waals surface area contributed by atoms with Crippen LogP contribution in [0.3, 0.4) is 0 Å². The molecule has 0 fully saturated rings. The summed E-state index contributed by atoms with van der Waals surface area (Å²) in [5.74, 6) is -0.797. The third-order valence-corrected chi connectivity index (χ3v) is 1.84. The summed E-state index contributed by atoms with van der Waals surface area (Å²) in [5, 5.41) is 0. The van der Waals surface area contributed by atoms with Gasteiger partial charge in [-0.25, -0.2) is 4.39 Å². The Kier molecular flexibility index (Phi) is 3.62. The summed E-state index contributed by atoms with van der Waals surface area (Å²) in [6.07, 6.45) is 0. The number of amides is 1. The molecule has 0 saturated heterocycles. The molecule has 4 N–H and O–H groups in total. The molecule has 82 valence electrons. The topological polar surface area (TPSA) is 78.3 Å². The summed E-state index contributed by atoms with van der Waals surface area (Å²) in [6.45, 7) is 1.42. The van der Waals surface area contributed by atoms with Gasteiger partial charge in [0.1, 0.15) is 11.6 Å². The van der Waals surface area contributed by atoms with E-state index in [0.717, 1.165) is 0 Å². The maximum atomic E-state index is 13.3. The molecule has 0 saturated carbocycles. The predicted octanol–water partition coefficient (Wildman–Crippen LogP) is 0.710. The summed E-state index contributed by atoms with van der Waals surface area (Å²) in [6, 6.07) is 3.87. The lowest BCUT2D eigenvalue weighted by atomic mass is 10.1. The first-order valence-electron chi connectivity index (χ1n) is 4.47. The van der Waals surface area contributed by atoms with Crippen molar-refractivity contribution in [1.82, 2.24) is 0 Å². The van der Waals surface area contributed by atoms with Crippen LogP contribution in [0.5, 0.6) is 5.75 Å². The van der Waals surface area contributed by atoms with E-state index in [1.54, 1.807) is 13.0 Å². The second-order valence-corrected chi connectivity index (χ2v) is 3.23. The molecule has 1 aromatic rings. The molecule has 0 bridgehead atoms. The Morgan fingerprint density at radius 1 is 1.60 bits per heavy atom. The van der Waals surface area contributed by atoms with Gasteiger partial charge in [0.25, 0.3) is 5.91 Å². The minimum atomic E-state index is -0.605. The fourth-order valence-corrected chi connectivity index (χ4v) is 1.12. The highest BCUT2D eigenvalue weighted by Crippen LogP contribution is 2.20. The van der Waals surface area contributed by atoms with Crippen LogP contribution in [-0.2, 0) is 4.79 Å². The lowest BCUT2D eigenvalue weighted by Crippen LogP contribution is -2.20. The van der Waals surface area contributed by atoms with Gasteiger partial charge in [0.05, 0.1) is 0 Å². The molecule has 0 aromatic heterocycles. The van der Waals surface area contributed by atoms with Crippen molar-refractivity contribution in [2.75, 3.05) is 6.61 Å². The van der Waals surface area contributed by atoms with Gasteiger partial charge in [-0.3, -0.25) is 4.79 Å². The first kappa shape index (κ1) is 11.5. The SMILES string of the molecule is C[C@@H](N)c1ccc(OCC(N)=O)cc1F. The van der Waals surface area contributed by atoms with Crippen LogP contribution >= 0.6 is 0 Å². The van der Waals surface area contributed by atoms with E-state index < -0.39 is 11.7 Å². The third kappa shape index (κ3) is 3.21. The molecule has 0 spiro atoms. The summed E-state index contributed by atoms with van der Waals surface area (Å²) in [7, 11) is 0. The summed E-state index contributed by atoms with van der Waals surface area (Å²) >= 11 is 0. The Bertz CT molecular complexity index is 366. The quantitative estimate of drug-likeness (QED) is 0.771. The standard InChI is InChI=1S/C10H13FN2O2/c1-6(12)8-3-2-7(4-9(8)11)15-5-10(13)14/h2-4,6H,5,12H2,1H3,(H2,13,14)/t6-/m1/s1. The van der Waals surface area contributed by atoms with Crippen LogP contribution in [0.25, 0.3) is 0 Å². The Balaban J connectivity index is 2.77. The van der Waals surface area contributed by atoms with Crippen molar-refractivity contribution in [2.24, 2.45) is 11.5 Å². The van der Waals surface area contributed by atoms with Crippen molar-refractivity contribution in [3.8, 4) is 5.75 Å². The normalized spacial score (nSPS) is 12.2. The zero-order valence-corrected chi connectivity index (χ0v) is 8.37. The fraction of sp³-hybridized carbons (Fsp3) is 0.300. The van der Waals surface area contributed by atoms with Crippen LogP contribution in [-0.4, -0.2) is 12.5 Å². The number of halogens is 1. The highest BCUT2D eigenvalue weighted by molar-refractivity contribution is 5.75. The van der Waals surface area contributed by atoms with Gasteiger partial charge in [-0.05, 0) is 13.0 Å². The molecule has 1 atom stereocenters. The van der Waals surface area contributed by atoms with Gasteiger partial charge in [-0.15, -0.1) is 0 Å². The molecule has 4 nitrogen and oxygen atoms in total. The van der Waals surface area contributed by atoms with Crippen LogP contribution in [0.1, 0.15) is 18.5 Å². The van der Waals surface area contributed by atoms with Crippen molar-refractivity contribution in [2.45, 2.75) is 13.0 Å². The minimum absolute atomic E-state index is 0.260. The summed E-state index contributed by atoms with van der Waals surface area (Å²) < 4.78 is 18.3. The number of carbonyl (C=O) groups excluding carboxylic acids is 1. The van der Waals surface area contributed by atoms with Gasteiger partial charge in [0, 0.05) is 17.7 Å². The number of rotatable bonds is 4. The first-order valence-corrected chi connectivity index (χ1v) is 4.47. The largest absolute Gasteiger partial charge is 0.484 e. The lowest BCUT2D eigenvalue weighted by molar-refractivity contribution is -0.119. The monoisotopic (exact) mass is 212 g/mol. The summed E-state index contributed by atoms with van der Waals surface area (Å²) in [4.78, 5) is 10.4. The van der Waals surface area contributed by atoms with E-state index in [1.807, 2.05) is 0 Å². The lowest BCUT2D eigenvalue weighted by Gasteiger charge is -2.09. The van der Waals surface area contributed by atoms with Crippen molar-refractivity contribution >= 4 is 5.91 Å². The maximum absolute atomic E-state index is 13.3. The maximum Gasteiger partial charge on any atom is 0.255 e. The van der Waals surface area contributed by atoms with Crippen molar-refractivity contribution in [1.29, 1.82) is 0 Å². The Morgan fingerprint density at radius 3 is 2.73 bits per heavy atom. The molecular formula is C10H13FN2O2. The zero-order valence-electron chi connectivity index (χ0n) is 8.37. The molecule has 1 amide bonds. The molecule has 5 heteroatoms.